The number of aliphatic hydroxyl groups is 4. The predicted octanol–water partition coefficient (Wildman–Crippen LogP) is 1.10. The van der Waals surface area contributed by atoms with Crippen molar-refractivity contribution >= 4 is 28.1 Å². The fourth-order valence-corrected chi connectivity index (χ4v) is 7.39. The van der Waals surface area contributed by atoms with Crippen molar-refractivity contribution in [2.75, 3.05) is 7.11 Å². The van der Waals surface area contributed by atoms with Gasteiger partial charge in [0.05, 0.1) is 35.4 Å². The van der Waals surface area contributed by atoms with Crippen LogP contribution in [0.4, 0.5) is 0 Å². The molecule has 0 unspecified atom stereocenters. The highest BCUT2D eigenvalue weighted by Gasteiger charge is 2.65. The monoisotopic (exact) mass is 658 g/mol. The number of Topliss-reactive ketones (excluding diaryl/α,β-unsaturated/α-hetero) is 3. The highest BCUT2D eigenvalue weighted by Crippen LogP contribution is 2.52. The van der Waals surface area contributed by atoms with Gasteiger partial charge in [0.25, 0.3) is 0 Å². The molecule has 2 saturated heterocycles. The van der Waals surface area contributed by atoms with Crippen LogP contribution in [-0.2, 0) is 39.7 Å². The molecule has 0 amide bonds. The largest absolute Gasteiger partial charge is 0.508 e. The first kappa shape index (κ1) is 33.4. The number of ether oxygens (including phenoxy) is 5. The number of fused-ring (bicyclic) bond motifs is 3. The standard InChI is InChI=1S/C33H38O14/c1-12(34)23-29(40)30(43-4)17-9-16-8-15-6-5-7-18(35)24(15)28(39)25(16)32(42)33(17,31(23)41)47-22-11-20(27(38)14(3)45-22)46-21-10-19(36)26(37)13(2)44-21/h5-8,13-14,17,19-22,26-27,30,35-39,41H,9-11H2,1-4H3/t13-,14-,17-,19-,20-,21+,22+,26-,27-,30-,33+/m1/s1. The Morgan fingerprint density at radius 2 is 1.66 bits per heavy atom. The lowest BCUT2D eigenvalue weighted by Gasteiger charge is -2.50. The first-order valence-electron chi connectivity index (χ1n) is 15.4. The zero-order valence-electron chi connectivity index (χ0n) is 26.2. The van der Waals surface area contributed by atoms with Crippen LogP contribution in [-0.4, -0.2) is 116 Å². The molecule has 2 heterocycles. The molecule has 0 bridgehead atoms. The van der Waals surface area contributed by atoms with E-state index in [0.717, 1.165) is 6.92 Å². The van der Waals surface area contributed by atoms with E-state index in [2.05, 4.69) is 0 Å². The van der Waals surface area contributed by atoms with Crippen molar-refractivity contribution in [3.8, 4) is 11.5 Å². The van der Waals surface area contributed by atoms with E-state index < -0.39 is 101 Å². The summed E-state index contributed by atoms with van der Waals surface area (Å²) in [5, 5.41) is 65.5. The van der Waals surface area contributed by atoms with Crippen LogP contribution >= 0.6 is 0 Å². The SMILES string of the molecule is CO[C@H]1C(=O)C(C(C)=O)=C(O)[C@]2(O[C@H]3C[C@@H](O[C@H]4C[C@@H](O)[C@H](O)[C@@H](C)O4)[C@H](O)[C@@H](C)O3)C(=O)c3c(cc4cccc(O)c4c3O)C[C@H]12. The number of aliphatic hydroxyl groups excluding tert-OH is 4. The molecule has 2 aliphatic carbocycles. The van der Waals surface area contributed by atoms with Crippen LogP contribution in [0.1, 0.15) is 49.5 Å². The molecular weight excluding hydrogens is 620 g/mol. The molecule has 2 aromatic rings. The Morgan fingerprint density at radius 3 is 2.32 bits per heavy atom. The number of aromatic hydroxyl groups is 2. The second-order valence-electron chi connectivity index (χ2n) is 12.7. The topological polar surface area (TPSA) is 219 Å². The lowest BCUT2D eigenvalue weighted by Crippen LogP contribution is -2.65. The second-order valence-corrected chi connectivity index (χ2v) is 12.7. The number of rotatable bonds is 6. The molecule has 2 aromatic carbocycles. The molecule has 2 fully saturated rings. The van der Waals surface area contributed by atoms with Crippen molar-refractivity contribution in [1.82, 2.24) is 0 Å². The Hall–Kier alpha value is -3.47. The summed E-state index contributed by atoms with van der Waals surface area (Å²) >= 11 is 0. The highest BCUT2D eigenvalue weighted by molar-refractivity contribution is 6.25. The van der Waals surface area contributed by atoms with Gasteiger partial charge in [-0.25, -0.2) is 0 Å². The molecule has 0 radical (unpaired) electrons. The molecule has 0 aromatic heterocycles. The summed E-state index contributed by atoms with van der Waals surface area (Å²) in [5.74, 6) is -5.81. The fraction of sp³-hybridized carbons (Fsp3) is 0.545. The van der Waals surface area contributed by atoms with Crippen LogP contribution in [0, 0.1) is 5.92 Å². The number of ketones is 3. The van der Waals surface area contributed by atoms with E-state index in [1.807, 2.05) is 0 Å². The summed E-state index contributed by atoms with van der Waals surface area (Å²) in [6.07, 6.45) is -10.7. The number of methoxy groups -OCH3 is 1. The summed E-state index contributed by atoms with van der Waals surface area (Å²) in [7, 11) is 1.22. The van der Waals surface area contributed by atoms with Crippen molar-refractivity contribution in [2.24, 2.45) is 5.92 Å². The van der Waals surface area contributed by atoms with E-state index in [9.17, 15) is 45.0 Å². The molecule has 2 aliphatic heterocycles. The van der Waals surface area contributed by atoms with E-state index in [-0.39, 0.29) is 36.0 Å². The maximum atomic E-state index is 14.8. The zero-order chi connectivity index (χ0) is 34.1. The van der Waals surface area contributed by atoms with Crippen molar-refractivity contribution in [3.05, 3.63) is 46.7 Å². The molecular formula is C33H38O14. The van der Waals surface area contributed by atoms with Gasteiger partial charge in [-0.3, -0.25) is 14.4 Å². The maximum absolute atomic E-state index is 14.8. The van der Waals surface area contributed by atoms with Crippen LogP contribution in [0.15, 0.2) is 35.6 Å². The Bertz CT molecular complexity index is 1640. The third-order valence-electron chi connectivity index (χ3n) is 9.76. The van der Waals surface area contributed by atoms with E-state index >= 15 is 0 Å². The summed E-state index contributed by atoms with van der Waals surface area (Å²) in [5.41, 5.74) is -3.20. The smallest absolute Gasteiger partial charge is 0.207 e. The average Bonchev–Trinajstić information content (AvgIpc) is 2.99. The maximum Gasteiger partial charge on any atom is 0.207 e. The average molecular weight is 659 g/mol. The van der Waals surface area contributed by atoms with Crippen LogP contribution in [0.3, 0.4) is 0 Å². The first-order chi connectivity index (χ1) is 22.2. The molecule has 14 nitrogen and oxygen atoms in total. The third-order valence-corrected chi connectivity index (χ3v) is 9.76. The van der Waals surface area contributed by atoms with E-state index in [1.54, 1.807) is 25.1 Å². The van der Waals surface area contributed by atoms with Gasteiger partial charge in [0.1, 0.15) is 41.1 Å². The number of phenolic OH excluding ortho intramolecular Hbond substituents is 2. The van der Waals surface area contributed by atoms with Gasteiger partial charge < -0.3 is 54.3 Å². The molecule has 254 valence electrons. The fourth-order valence-electron chi connectivity index (χ4n) is 7.39. The van der Waals surface area contributed by atoms with Crippen molar-refractivity contribution in [3.63, 3.8) is 0 Å². The van der Waals surface area contributed by atoms with Gasteiger partial charge in [-0.1, -0.05) is 18.2 Å². The lowest BCUT2D eigenvalue weighted by molar-refractivity contribution is -0.318. The van der Waals surface area contributed by atoms with E-state index in [4.69, 9.17) is 23.7 Å². The van der Waals surface area contributed by atoms with Crippen LogP contribution in [0.5, 0.6) is 11.5 Å². The number of hydrogen-bond acceptors (Lipinski definition) is 14. The van der Waals surface area contributed by atoms with Crippen LogP contribution in [0.25, 0.3) is 10.8 Å². The molecule has 0 saturated carbocycles. The van der Waals surface area contributed by atoms with E-state index in [0.29, 0.717) is 10.9 Å². The molecule has 14 heteroatoms. The summed E-state index contributed by atoms with van der Waals surface area (Å²) in [6, 6.07) is 6.11. The quantitative estimate of drug-likeness (QED) is 0.240. The van der Waals surface area contributed by atoms with Crippen LogP contribution < -0.4 is 0 Å². The number of carbonyl (C=O) groups excluding carboxylic acids is 3. The molecule has 0 spiro atoms. The minimum atomic E-state index is -2.49. The van der Waals surface area contributed by atoms with Gasteiger partial charge in [-0.05, 0) is 44.2 Å². The lowest BCUT2D eigenvalue weighted by atomic mass is 9.62. The molecule has 11 atom stereocenters. The van der Waals surface area contributed by atoms with Gasteiger partial charge in [-0.2, -0.15) is 0 Å². The normalized spacial score (nSPS) is 37.5. The molecule has 4 aliphatic rings. The number of hydrogen-bond donors (Lipinski definition) is 6. The van der Waals surface area contributed by atoms with Crippen LogP contribution in [0.2, 0.25) is 0 Å². The Balaban J connectivity index is 1.45. The predicted molar refractivity (Wildman–Crippen MR) is 160 cm³/mol. The van der Waals surface area contributed by atoms with Crippen molar-refractivity contribution in [2.45, 2.75) is 101 Å². The van der Waals surface area contributed by atoms with Gasteiger partial charge in [0, 0.05) is 25.9 Å². The van der Waals surface area contributed by atoms with Gasteiger partial charge in [0.2, 0.25) is 5.78 Å². The Morgan fingerprint density at radius 1 is 0.979 bits per heavy atom. The third kappa shape index (κ3) is 5.23. The summed E-state index contributed by atoms with van der Waals surface area (Å²) < 4.78 is 29.6. The molecule has 6 rings (SSSR count). The first-order valence-corrected chi connectivity index (χ1v) is 15.4. The van der Waals surface area contributed by atoms with Gasteiger partial charge in [0.15, 0.2) is 29.7 Å². The Kier molecular flexibility index (Phi) is 8.68. The minimum Gasteiger partial charge on any atom is -0.508 e. The number of carbonyl (C=O) groups is 3. The van der Waals surface area contributed by atoms with Gasteiger partial charge >= 0.3 is 0 Å². The summed E-state index contributed by atoms with van der Waals surface area (Å²) in [4.78, 5) is 41.1. The Labute approximate surface area is 269 Å². The van der Waals surface area contributed by atoms with Gasteiger partial charge in [-0.15, -0.1) is 0 Å². The zero-order valence-corrected chi connectivity index (χ0v) is 26.2. The second kappa shape index (κ2) is 12.2. The van der Waals surface area contributed by atoms with E-state index in [1.165, 1.54) is 20.1 Å². The summed E-state index contributed by atoms with van der Waals surface area (Å²) in [6.45, 7) is 4.12. The number of benzene rings is 2. The molecule has 6 N–H and O–H groups in total. The number of phenols is 2. The highest BCUT2D eigenvalue weighted by atomic mass is 16.7. The van der Waals surface area contributed by atoms with Crippen molar-refractivity contribution < 1.29 is 68.7 Å². The van der Waals surface area contributed by atoms with Crippen molar-refractivity contribution in [1.29, 1.82) is 0 Å². The molecule has 47 heavy (non-hydrogen) atoms. The minimum absolute atomic E-state index is 0.0215.